The molecule has 1 aromatic rings. The molecule has 2 aliphatic rings. The summed E-state index contributed by atoms with van der Waals surface area (Å²) in [6, 6.07) is 3.07. The molecule has 3 nitrogen and oxygen atoms in total. The Morgan fingerprint density at radius 3 is 2.95 bits per heavy atom. The summed E-state index contributed by atoms with van der Waals surface area (Å²) in [6.45, 7) is 7.50. The van der Waals surface area contributed by atoms with Crippen LogP contribution in [-0.2, 0) is 6.54 Å². The summed E-state index contributed by atoms with van der Waals surface area (Å²) in [5, 5.41) is 3.37. The Morgan fingerprint density at radius 1 is 1.30 bits per heavy atom. The van der Waals surface area contributed by atoms with E-state index in [1.807, 2.05) is 0 Å². The molecule has 1 saturated heterocycles. The standard InChI is InChI=1S/C17H27N3/c1-3-18-11-14-10-13(2)17(19-12-14)20-9-8-15-6-4-5-7-16(15)20/h10,12,15-16,18H,3-9,11H2,1-2H3. The lowest BCUT2D eigenvalue weighted by molar-refractivity contribution is 0.341. The normalized spacial score (nSPS) is 25.8. The minimum absolute atomic E-state index is 0.759. The highest BCUT2D eigenvalue weighted by Gasteiger charge is 2.36. The van der Waals surface area contributed by atoms with Gasteiger partial charge in [0.2, 0.25) is 0 Å². The van der Waals surface area contributed by atoms with Crippen LogP contribution >= 0.6 is 0 Å². The van der Waals surface area contributed by atoms with Gasteiger partial charge in [-0.15, -0.1) is 0 Å². The highest BCUT2D eigenvalue weighted by atomic mass is 15.2. The van der Waals surface area contributed by atoms with Crippen molar-refractivity contribution in [1.29, 1.82) is 0 Å². The number of pyridine rings is 1. The molecule has 0 radical (unpaired) electrons. The molecule has 1 N–H and O–H groups in total. The van der Waals surface area contributed by atoms with Gasteiger partial charge in [0.05, 0.1) is 0 Å². The molecule has 0 amide bonds. The van der Waals surface area contributed by atoms with E-state index in [0.717, 1.165) is 25.0 Å². The van der Waals surface area contributed by atoms with E-state index >= 15 is 0 Å². The molecule has 0 aromatic carbocycles. The average Bonchev–Trinajstić information content (AvgIpc) is 2.89. The first-order valence-corrected chi connectivity index (χ1v) is 8.22. The summed E-state index contributed by atoms with van der Waals surface area (Å²) in [6.07, 6.45) is 9.05. The minimum atomic E-state index is 0.759. The van der Waals surface area contributed by atoms with Gasteiger partial charge >= 0.3 is 0 Å². The molecular weight excluding hydrogens is 246 g/mol. The van der Waals surface area contributed by atoms with E-state index in [1.54, 1.807) is 0 Å². The average molecular weight is 273 g/mol. The van der Waals surface area contributed by atoms with E-state index in [2.05, 4.69) is 36.3 Å². The van der Waals surface area contributed by atoms with Crippen molar-refractivity contribution in [3.8, 4) is 0 Å². The Bertz CT molecular complexity index is 458. The lowest BCUT2D eigenvalue weighted by atomic mass is 9.85. The molecule has 3 rings (SSSR count). The Balaban J connectivity index is 1.76. The number of aryl methyl sites for hydroxylation is 1. The van der Waals surface area contributed by atoms with Crippen molar-refractivity contribution in [2.75, 3.05) is 18.0 Å². The topological polar surface area (TPSA) is 28.2 Å². The van der Waals surface area contributed by atoms with Gasteiger partial charge in [-0.25, -0.2) is 4.98 Å². The predicted octanol–water partition coefficient (Wildman–Crippen LogP) is 3.27. The predicted molar refractivity (Wildman–Crippen MR) is 84.1 cm³/mol. The van der Waals surface area contributed by atoms with Crippen LogP contribution in [0.15, 0.2) is 12.3 Å². The van der Waals surface area contributed by atoms with Crippen LogP contribution in [0.5, 0.6) is 0 Å². The van der Waals surface area contributed by atoms with Crippen LogP contribution in [0.1, 0.15) is 50.2 Å². The lowest BCUT2D eigenvalue weighted by Crippen LogP contribution is -2.35. The highest BCUT2D eigenvalue weighted by Crippen LogP contribution is 2.39. The third kappa shape index (κ3) is 2.69. The SMILES string of the molecule is CCNCc1cnc(N2CCC3CCCCC32)c(C)c1. The van der Waals surface area contributed by atoms with Crippen molar-refractivity contribution in [2.24, 2.45) is 5.92 Å². The molecular formula is C17H27N3. The van der Waals surface area contributed by atoms with E-state index in [4.69, 9.17) is 4.98 Å². The van der Waals surface area contributed by atoms with Crippen LogP contribution in [0.4, 0.5) is 5.82 Å². The van der Waals surface area contributed by atoms with E-state index in [1.165, 1.54) is 55.6 Å². The van der Waals surface area contributed by atoms with E-state index in [9.17, 15) is 0 Å². The summed E-state index contributed by atoms with van der Waals surface area (Å²) in [7, 11) is 0. The number of rotatable bonds is 4. The van der Waals surface area contributed by atoms with Gasteiger partial charge in [-0.2, -0.15) is 0 Å². The molecule has 3 heteroatoms. The van der Waals surface area contributed by atoms with Crippen molar-refractivity contribution in [3.63, 3.8) is 0 Å². The molecule has 1 aromatic heterocycles. The summed E-state index contributed by atoms with van der Waals surface area (Å²) in [5.41, 5.74) is 2.64. The lowest BCUT2D eigenvalue weighted by Gasteiger charge is -2.33. The zero-order valence-corrected chi connectivity index (χ0v) is 12.9. The molecule has 1 aliphatic carbocycles. The smallest absolute Gasteiger partial charge is 0.131 e. The molecule has 20 heavy (non-hydrogen) atoms. The van der Waals surface area contributed by atoms with Crippen molar-refractivity contribution < 1.29 is 0 Å². The minimum Gasteiger partial charge on any atom is -0.353 e. The fourth-order valence-electron chi connectivity index (χ4n) is 3.96. The summed E-state index contributed by atoms with van der Waals surface area (Å²) in [4.78, 5) is 7.38. The molecule has 2 unspecified atom stereocenters. The van der Waals surface area contributed by atoms with Gasteiger partial charge in [-0.05, 0) is 55.8 Å². The molecule has 0 bridgehead atoms. The van der Waals surface area contributed by atoms with Gasteiger partial charge in [0, 0.05) is 25.3 Å². The molecule has 1 aliphatic heterocycles. The van der Waals surface area contributed by atoms with Crippen LogP contribution in [0.25, 0.3) is 0 Å². The van der Waals surface area contributed by atoms with Crippen LogP contribution in [0.3, 0.4) is 0 Å². The van der Waals surface area contributed by atoms with Gasteiger partial charge < -0.3 is 10.2 Å². The number of aromatic nitrogens is 1. The van der Waals surface area contributed by atoms with Crippen molar-refractivity contribution in [3.05, 3.63) is 23.4 Å². The van der Waals surface area contributed by atoms with E-state index in [0.29, 0.717) is 0 Å². The number of hydrogen-bond donors (Lipinski definition) is 1. The van der Waals surface area contributed by atoms with Crippen LogP contribution in [0, 0.1) is 12.8 Å². The second-order valence-electron chi connectivity index (χ2n) is 6.36. The second kappa shape index (κ2) is 6.13. The number of anilines is 1. The molecule has 2 heterocycles. The van der Waals surface area contributed by atoms with Gasteiger partial charge in [-0.1, -0.05) is 19.8 Å². The van der Waals surface area contributed by atoms with Gasteiger partial charge in [0.25, 0.3) is 0 Å². The molecule has 110 valence electrons. The number of nitrogens with zero attached hydrogens (tertiary/aromatic N) is 2. The molecule has 1 saturated carbocycles. The zero-order valence-electron chi connectivity index (χ0n) is 12.9. The third-order valence-electron chi connectivity index (χ3n) is 4.97. The fourth-order valence-corrected chi connectivity index (χ4v) is 3.96. The molecule has 2 fully saturated rings. The Labute approximate surface area is 122 Å². The number of nitrogens with one attached hydrogen (secondary N) is 1. The monoisotopic (exact) mass is 273 g/mol. The quantitative estimate of drug-likeness (QED) is 0.912. The maximum absolute atomic E-state index is 4.79. The van der Waals surface area contributed by atoms with Crippen LogP contribution in [0.2, 0.25) is 0 Å². The summed E-state index contributed by atoms with van der Waals surface area (Å²) < 4.78 is 0. The van der Waals surface area contributed by atoms with Gasteiger partial charge in [0.1, 0.15) is 5.82 Å². The van der Waals surface area contributed by atoms with E-state index in [-0.39, 0.29) is 0 Å². The van der Waals surface area contributed by atoms with Crippen LogP contribution < -0.4 is 10.2 Å². The van der Waals surface area contributed by atoms with Crippen LogP contribution in [-0.4, -0.2) is 24.1 Å². The Hall–Kier alpha value is -1.09. The van der Waals surface area contributed by atoms with Crippen molar-refractivity contribution in [1.82, 2.24) is 10.3 Å². The first-order valence-electron chi connectivity index (χ1n) is 8.22. The maximum atomic E-state index is 4.79. The summed E-state index contributed by atoms with van der Waals surface area (Å²) in [5.74, 6) is 2.16. The molecule has 0 spiro atoms. The number of hydrogen-bond acceptors (Lipinski definition) is 3. The number of fused-ring (bicyclic) bond motifs is 1. The Morgan fingerprint density at radius 2 is 2.15 bits per heavy atom. The highest BCUT2D eigenvalue weighted by molar-refractivity contribution is 5.49. The summed E-state index contributed by atoms with van der Waals surface area (Å²) >= 11 is 0. The molecule has 2 atom stereocenters. The fraction of sp³-hybridized carbons (Fsp3) is 0.706. The van der Waals surface area contributed by atoms with Crippen molar-refractivity contribution >= 4 is 5.82 Å². The van der Waals surface area contributed by atoms with Crippen molar-refractivity contribution in [2.45, 2.75) is 58.5 Å². The van der Waals surface area contributed by atoms with E-state index < -0.39 is 0 Å². The second-order valence-corrected chi connectivity index (χ2v) is 6.36. The third-order valence-corrected chi connectivity index (χ3v) is 4.97. The van der Waals surface area contributed by atoms with Gasteiger partial charge in [-0.3, -0.25) is 0 Å². The van der Waals surface area contributed by atoms with Gasteiger partial charge in [0.15, 0.2) is 0 Å². The first kappa shape index (κ1) is 13.9. The zero-order chi connectivity index (χ0) is 13.9. The first-order chi connectivity index (χ1) is 9.79. The maximum Gasteiger partial charge on any atom is 0.131 e. The Kier molecular flexibility index (Phi) is 4.25. The largest absolute Gasteiger partial charge is 0.353 e.